The molecule has 0 atom stereocenters. The Morgan fingerprint density at radius 2 is 1.92 bits per heavy atom. The van der Waals surface area contributed by atoms with Gasteiger partial charge in [0, 0.05) is 15.6 Å². The van der Waals surface area contributed by atoms with Crippen LogP contribution in [0.5, 0.6) is 0 Å². The molecule has 1 heterocycles. The minimum atomic E-state index is 0.0818. The van der Waals surface area contributed by atoms with Crippen LogP contribution in [0.1, 0.15) is 18.4 Å². The minimum absolute atomic E-state index is 0.0818. The highest BCUT2D eigenvalue weighted by atomic mass is 35.5. The minimum Gasteiger partial charge on any atom is -0.385 e. The molecule has 0 saturated carbocycles. The number of nitrogens with zero attached hydrogens (tertiary/aromatic N) is 3. The van der Waals surface area contributed by atoms with E-state index in [1.165, 1.54) is 0 Å². The van der Waals surface area contributed by atoms with Gasteiger partial charge in [0.05, 0.1) is 5.71 Å². The highest BCUT2D eigenvalue weighted by Crippen LogP contribution is 2.20. The summed E-state index contributed by atoms with van der Waals surface area (Å²) >= 11 is 11.8. The molecular formula is C17H13Cl2N3O2. The molecule has 0 amide bonds. The average molecular weight is 362 g/mol. The van der Waals surface area contributed by atoms with E-state index in [-0.39, 0.29) is 6.61 Å². The lowest BCUT2D eigenvalue weighted by molar-refractivity contribution is 0.105. The molecule has 0 unspecified atom stereocenters. The Hall–Kier alpha value is -2.37. The van der Waals surface area contributed by atoms with Crippen LogP contribution in [0.4, 0.5) is 0 Å². The molecule has 24 heavy (non-hydrogen) atoms. The lowest BCUT2D eigenvalue weighted by Gasteiger charge is -2.00. The molecule has 7 heteroatoms. The largest absolute Gasteiger partial charge is 0.385 e. The number of rotatable bonds is 5. The fourth-order valence-corrected chi connectivity index (χ4v) is 2.30. The van der Waals surface area contributed by atoms with Crippen LogP contribution in [0.2, 0.25) is 10.0 Å². The van der Waals surface area contributed by atoms with Crippen molar-refractivity contribution in [1.82, 2.24) is 10.1 Å². The maximum absolute atomic E-state index is 5.95. The standard InChI is InChI=1S/C17H13Cl2N3O2/c1-11(12-5-7-14(18)8-6-12)21-23-10-16-20-17(22-24-16)13-3-2-4-15(19)9-13/h2-9H,10H2,1H3/b21-11+. The summed E-state index contributed by atoms with van der Waals surface area (Å²) in [6.45, 7) is 1.92. The van der Waals surface area contributed by atoms with Gasteiger partial charge in [-0.05, 0) is 36.8 Å². The highest BCUT2D eigenvalue weighted by Gasteiger charge is 2.09. The molecule has 0 aliphatic rings. The number of halogens is 2. The smallest absolute Gasteiger partial charge is 0.267 e. The van der Waals surface area contributed by atoms with Crippen LogP contribution in [-0.4, -0.2) is 15.9 Å². The second-order valence-corrected chi connectivity index (χ2v) is 5.85. The number of aromatic nitrogens is 2. The second-order valence-electron chi connectivity index (χ2n) is 4.98. The van der Waals surface area contributed by atoms with Crippen LogP contribution >= 0.6 is 23.2 Å². The van der Waals surface area contributed by atoms with Crippen molar-refractivity contribution >= 4 is 28.9 Å². The normalized spacial score (nSPS) is 11.5. The molecule has 3 aromatic rings. The van der Waals surface area contributed by atoms with Crippen LogP contribution in [0, 0.1) is 0 Å². The molecule has 0 N–H and O–H groups in total. The first-order valence-corrected chi connectivity index (χ1v) is 7.88. The topological polar surface area (TPSA) is 60.5 Å². The third-order valence-corrected chi connectivity index (χ3v) is 3.69. The van der Waals surface area contributed by atoms with Gasteiger partial charge >= 0.3 is 0 Å². The number of oxime groups is 1. The number of hydrogen-bond acceptors (Lipinski definition) is 5. The zero-order valence-corrected chi connectivity index (χ0v) is 14.3. The van der Waals surface area contributed by atoms with Crippen LogP contribution < -0.4 is 0 Å². The average Bonchev–Trinajstić information content (AvgIpc) is 3.04. The van der Waals surface area contributed by atoms with Gasteiger partial charge in [-0.25, -0.2) is 0 Å². The van der Waals surface area contributed by atoms with E-state index in [1.54, 1.807) is 24.3 Å². The molecule has 0 aliphatic heterocycles. The van der Waals surface area contributed by atoms with Gasteiger partial charge in [-0.15, -0.1) is 0 Å². The molecule has 122 valence electrons. The van der Waals surface area contributed by atoms with Gasteiger partial charge in [-0.2, -0.15) is 4.98 Å². The van der Waals surface area contributed by atoms with Crippen molar-refractivity contribution in [2.45, 2.75) is 13.5 Å². The van der Waals surface area contributed by atoms with Gasteiger partial charge in [0.1, 0.15) is 0 Å². The lowest BCUT2D eigenvalue weighted by Crippen LogP contribution is -1.96. The summed E-state index contributed by atoms with van der Waals surface area (Å²) in [5.74, 6) is 0.784. The fourth-order valence-electron chi connectivity index (χ4n) is 1.99. The summed E-state index contributed by atoms with van der Waals surface area (Å²) in [5, 5.41) is 9.23. The van der Waals surface area contributed by atoms with E-state index < -0.39 is 0 Å². The Morgan fingerprint density at radius 1 is 1.12 bits per heavy atom. The maximum Gasteiger partial charge on any atom is 0.267 e. The zero-order chi connectivity index (χ0) is 16.9. The lowest BCUT2D eigenvalue weighted by atomic mass is 10.1. The van der Waals surface area contributed by atoms with Crippen molar-refractivity contribution < 1.29 is 9.36 Å². The molecular weight excluding hydrogens is 349 g/mol. The van der Waals surface area contributed by atoms with Gasteiger partial charge in [-0.1, -0.05) is 57.8 Å². The number of hydrogen-bond donors (Lipinski definition) is 0. The van der Waals surface area contributed by atoms with E-state index in [0.29, 0.717) is 21.8 Å². The van der Waals surface area contributed by atoms with Crippen LogP contribution in [0.15, 0.2) is 58.2 Å². The van der Waals surface area contributed by atoms with E-state index in [4.69, 9.17) is 32.6 Å². The van der Waals surface area contributed by atoms with E-state index in [0.717, 1.165) is 16.8 Å². The Bertz CT molecular complexity index is 860. The molecule has 5 nitrogen and oxygen atoms in total. The SMILES string of the molecule is C/C(=N\OCc1nc(-c2cccc(Cl)c2)no1)c1ccc(Cl)cc1. The summed E-state index contributed by atoms with van der Waals surface area (Å²) in [7, 11) is 0. The Balaban J connectivity index is 1.63. The van der Waals surface area contributed by atoms with Crippen molar-refractivity contribution in [2.24, 2.45) is 5.16 Å². The summed E-state index contributed by atoms with van der Waals surface area (Å²) in [6, 6.07) is 14.6. The second kappa shape index (κ2) is 7.47. The van der Waals surface area contributed by atoms with Crippen molar-refractivity contribution in [3.05, 3.63) is 70.0 Å². The monoisotopic (exact) mass is 361 g/mol. The van der Waals surface area contributed by atoms with E-state index >= 15 is 0 Å². The first kappa shape index (κ1) is 16.5. The molecule has 0 fully saturated rings. The predicted octanol–water partition coefficient (Wildman–Crippen LogP) is 4.98. The number of benzene rings is 2. The Kier molecular flexibility index (Phi) is 5.13. The maximum atomic E-state index is 5.95. The van der Waals surface area contributed by atoms with Gasteiger partial charge in [0.25, 0.3) is 5.89 Å². The highest BCUT2D eigenvalue weighted by molar-refractivity contribution is 6.31. The van der Waals surface area contributed by atoms with Crippen LogP contribution in [0.25, 0.3) is 11.4 Å². The van der Waals surface area contributed by atoms with Crippen molar-refractivity contribution in [3.63, 3.8) is 0 Å². The molecule has 0 radical (unpaired) electrons. The summed E-state index contributed by atoms with van der Waals surface area (Å²) < 4.78 is 5.15. The van der Waals surface area contributed by atoms with Crippen molar-refractivity contribution in [1.29, 1.82) is 0 Å². The van der Waals surface area contributed by atoms with E-state index in [2.05, 4.69) is 15.3 Å². The third-order valence-electron chi connectivity index (χ3n) is 3.20. The Morgan fingerprint density at radius 3 is 2.67 bits per heavy atom. The van der Waals surface area contributed by atoms with E-state index in [1.807, 2.05) is 31.2 Å². The first-order chi connectivity index (χ1) is 11.6. The summed E-state index contributed by atoms with van der Waals surface area (Å²) in [6.07, 6.45) is 0. The molecule has 3 rings (SSSR count). The predicted molar refractivity (Wildman–Crippen MR) is 93.2 cm³/mol. The zero-order valence-electron chi connectivity index (χ0n) is 12.7. The van der Waals surface area contributed by atoms with Gasteiger partial charge in [0.2, 0.25) is 5.82 Å². The molecule has 0 saturated heterocycles. The molecule has 2 aromatic carbocycles. The Labute approximate surface area is 148 Å². The first-order valence-electron chi connectivity index (χ1n) is 7.13. The van der Waals surface area contributed by atoms with Crippen LogP contribution in [0.3, 0.4) is 0 Å². The molecule has 0 aliphatic carbocycles. The summed E-state index contributed by atoms with van der Waals surface area (Å²) in [4.78, 5) is 9.53. The van der Waals surface area contributed by atoms with Gasteiger partial charge in [0.15, 0.2) is 6.61 Å². The van der Waals surface area contributed by atoms with Gasteiger partial charge in [-0.3, -0.25) is 0 Å². The molecule has 0 spiro atoms. The van der Waals surface area contributed by atoms with Crippen LogP contribution in [-0.2, 0) is 11.4 Å². The van der Waals surface area contributed by atoms with E-state index in [9.17, 15) is 0 Å². The molecule has 0 bridgehead atoms. The fraction of sp³-hybridized carbons (Fsp3) is 0.118. The van der Waals surface area contributed by atoms with Crippen molar-refractivity contribution in [2.75, 3.05) is 0 Å². The molecule has 1 aromatic heterocycles. The third kappa shape index (κ3) is 4.13. The quantitative estimate of drug-likeness (QED) is 0.474. The summed E-state index contributed by atoms with van der Waals surface area (Å²) in [5.41, 5.74) is 2.42. The van der Waals surface area contributed by atoms with Gasteiger partial charge < -0.3 is 9.36 Å². The van der Waals surface area contributed by atoms with Crippen molar-refractivity contribution in [3.8, 4) is 11.4 Å².